The number of aromatic nitrogens is 2. The second kappa shape index (κ2) is 9.36. The first-order valence-electron chi connectivity index (χ1n) is 10.5. The Morgan fingerprint density at radius 2 is 1.90 bits per heavy atom. The number of aryl methyl sites for hydroxylation is 4. The maximum absolute atomic E-state index is 12.6. The van der Waals surface area contributed by atoms with E-state index >= 15 is 0 Å². The predicted octanol–water partition coefficient (Wildman–Crippen LogP) is 4.42. The highest BCUT2D eigenvalue weighted by Gasteiger charge is 2.23. The number of amides is 2. The van der Waals surface area contributed by atoms with Crippen LogP contribution in [-0.4, -0.2) is 33.6 Å². The summed E-state index contributed by atoms with van der Waals surface area (Å²) in [6.07, 6.45) is 6.14. The lowest BCUT2D eigenvalue weighted by Crippen LogP contribution is -2.37. The van der Waals surface area contributed by atoms with E-state index in [1.165, 1.54) is 35.0 Å². The van der Waals surface area contributed by atoms with Crippen molar-refractivity contribution in [1.29, 1.82) is 0 Å². The molecule has 1 atom stereocenters. The quantitative estimate of drug-likeness (QED) is 0.425. The molecule has 4 rings (SSSR count). The van der Waals surface area contributed by atoms with Crippen LogP contribution in [0.15, 0.2) is 29.6 Å². The molecule has 31 heavy (non-hydrogen) atoms. The molecular weight excluding hydrogens is 428 g/mol. The Labute approximate surface area is 190 Å². The lowest BCUT2D eigenvalue weighted by Gasteiger charge is -2.15. The van der Waals surface area contributed by atoms with Crippen molar-refractivity contribution in [2.75, 3.05) is 11.9 Å². The van der Waals surface area contributed by atoms with Gasteiger partial charge in [0.15, 0.2) is 0 Å². The van der Waals surface area contributed by atoms with Crippen molar-refractivity contribution < 1.29 is 9.59 Å². The van der Waals surface area contributed by atoms with Gasteiger partial charge in [0.1, 0.15) is 16.2 Å². The molecule has 0 saturated carbocycles. The number of nitrogens with one attached hydrogen (secondary N) is 2. The van der Waals surface area contributed by atoms with E-state index in [2.05, 4.69) is 20.6 Å². The highest BCUT2D eigenvalue weighted by Crippen LogP contribution is 2.40. The molecule has 0 bridgehead atoms. The number of fused-ring (bicyclic) bond motifs is 3. The van der Waals surface area contributed by atoms with E-state index in [9.17, 15) is 9.59 Å². The number of para-hydroxylation sites is 1. The molecule has 1 aliphatic carbocycles. The van der Waals surface area contributed by atoms with Crippen LogP contribution in [0.5, 0.6) is 0 Å². The number of nitrogens with zero attached hydrogens (tertiary/aromatic N) is 2. The molecule has 0 saturated heterocycles. The summed E-state index contributed by atoms with van der Waals surface area (Å²) in [5, 5.41) is 7.25. The normalized spacial score (nSPS) is 14.2. The van der Waals surface area contributed by atoms with Crippen molar-refractivity contribution in [2.24, 2.45) is 0 Å². The van der Waals surface area contributed by atoms with E-state index in [0.717, 1.165) is 44.9 Å². The summed E-state index contributed by atoms with van der Waals surface area (Å²) in [5.74, 6) is -0.420. The number of carbonyl (C=O) groups is 2. The van der Waals surface area contributed by atoms with Crippen LogP contribution in [0.25, 0.3) is 10.2 Å². The molecule has 162 valence electrons. The third kappa shape index (κ3) is 4.75. The van der Waals surface area contributed by atoms with Gasteiger partial charge >= 0.3 is 0 Å². The van der Waals surface area contributed by atoms with E-state index in [1.54, 1.807) is 17.7 Å². The van der Waals surface area contributed by atoms with Crippen LogP contribution in [0.3, 0.4) is 0 Å². The molecule has 2 heterocycles. The molecule has 8 heteroatoms. The molecule has 2 amide bonds. The number of hydrogen-bond donors (Lipinski definition) is 2. The smallest absolute Gasteiger partial charge is 0.243 e. The van der Waals surface area contributed by atoms with Gasteiger partial charge < -0.3 is 10.6 Å². The third-order valence-corrected chi connectivity index (χ3v) is 7.84. The van der Waals surface area contributed by atoms with Crippen LogP contribution in [0, 0.1) is 13.8 Å². The van der Waals surface area contributed by atoms with E-state index in [4.69, 9.17) is 0 Å². The summed E-state index contributed by atoms with van der Waals surface area (Å²) in [7, 11) is 0. The number of benzene rings is 1. The number of thiophene rings is 1. The van der Waals surface area contributed by atoms with Gasteiger partial charge in [0.25, 0.3) is 0 Å². The van der Waals surface area contributed by atoms with Crippen molar-refractivity contribution in [1.82, 2.24) is 15.3 Å². The Morgan fingerprint density at radius 1 is 1.16 bits per heavy atom. The van der Waals surface area contributed by atoms with Crippen LogP contribution >= 0.6 is 23.1 Å². The Hall–Kier alpha value is -2.45. The van der Waals surface area contributed by atoms with Gasteiger partial charge in [-0.15, -0.1) is 11.3 Å². The van der Waals surface area contributed by atoms with Crippen LogP contribution in [0.1, 0.15) is 41.3 Å². The molecule has 1 aliphatic rings. The number of anilines is 1. The number of carbonyl (C=O) groups excluding carboxylic acids is 2. The minimum atomic E-state index is -0.370. The maximum Gasteiger partial charge on any atom is 0.243 e. The first-order valence-corrected chi connectivity index (χ1v) is 12.2. The molecule has 2 N–H and O–H groups in total. The first-order chi connectivity index (χ1) is 14.9. The second-order valence-electron chi connectivity index (χ2n) is 7.86. The van der Waals surface area contributed by atoms with Gasteiger partial charge in [-0.1, -0.05) is 30.0 Å². The molecule has 2 aromatic heterocycles. The van der Waals surface area contributed by atoms with Crippen molar-refractivity contribution in [3.05, 3.63) is 46.1 Å². The number of hydrogen-bond acceptors (Lipinski definition) is 6. The van der Waals surface area contributed by atoms with Crippen LogP contribution in [0.2, 0.25) is 0 Å². The topological polar surface area (TPSA) is 84.0 Å². The maximum atomic E-state index is 12.6. The molecule has 1 aromatic carbocycles. The van der Waals surface area contributed by atoms with Crippen LogP contribution in [-0.2, 0) is 22.4 Å². The molecule has 0 spiro atoms. The highest BCUT2D eigenvalue weighted by atomic mass is 32.2. The first kappa shape index (κ1) is 21.8. The summed E-state index contributed by atoms with van der Waals surface area (Å²) < 4.78 is 0. The van der Waals surface area contributed by atoms with Crippen molar-refractivity contribution in [2.45, 2.75) is 56.7 Å². The minimum Gasteiger partial charge on any atom is -0.346 e. The zero-order chi connectivity index (χ0) is 22.0. The van der Waals surface area contributed by atoms with Gasteiger partial charge in [0.2, 0.25) is 11.8 Å². The van der Waals surface area contributed by atoms with Crippen LogP contribution < -0.4 is 10.6 Å². The lowest BCUT2D eigenvalue weighted by molar-refractivity contribution is -0.123. The second-order valence-corrected chi connectivity index (χ2v) is 10.3. The Morgan fingerprint density at radius 3 is 2.68 bits per heavy atom. The summed E-state index contributed by atoms with van der Waals surface area (Å²) in [5.41, 5.74) is 4.15. The fraction of sp³-hybridized carbons (Fsp3) is 0.391. The van der Waals surface area contributed by atoms with Crippen molar-refractivity contribution in [3.8, 4) is 0 Å². The minimum absolute atomic E-state index is 0.0649. The largest absolute Gasteiger partial charge is 0.346 e. The van der Waals surface area contributed by atoms with Crippen LogP contribution in [0.4, 0.5) is 5.69 Å². The molecule has 0 radical (unpaired) electrons. The molecule has 1 unspecified atom stereocenters. The molecular formula is C23H26N4O2S2. The summed E-state index contributed by atoms with van der Waals surface area (Å²) >= 11 is 3.18. The van der Waals surface area contributed by atoms with E-state index in [1.807, 2.05) is 39.0 Å². The molecule has 0 aliphatic heterocycles. The van der Waals surface area contributed by atoms with Gasteiger partial charge in [-0.3, -0.25) is 9.59 Å². The molecule has 0 fully saturated rings. The zero-order valence-electron chi connectivity index (χ0n) is 17.9. The average Bonchev–Trinajstić information content (AvgIpc) is 3.14. The third-order valence-electron chi connectivity index (χ3n) is 5.54. The lowest BCUT2D eigenvalue weighted by atomic mass is 9.97. The van der Waals surface area contributed by atoms with Gasteiger partial charge in [-0.25, -0.2) is 9.97 Å². The van der Waals surface area contributed by atoms with Gasteiger partial charge in [-0.2, -0.15) is 0 Å². The van der Waals surface area contributed by atoms with E-state index in [-0.39, 0.29) is 23.6 Å². The molecule has 3 aromatic rings. The predicted molar refractivity (Wildman–Crippen MR) is 127 cm³/mol. The zero-order valence-corrected chi connectivity index (χ0v) is 19.6. The Bertz CT molecular complexity index is 1120. The standard InChI is InChI=1S/C23H26N4O2S2/c1-13-7-6-8-14(2)20(13)27-18(28)11-24-21(29)15(3)30-22-19-16-9-4-5-10-17(16)31-23(19)26-12-25-22/h6-8,12,15H,4-5,9-11H2,1-3H3,(H,24,29)(H,27,28). The van der Waals surface area contributed by atoms with Gasteiger partial charge in [-0.05, 0) is 63.1 Å². The fourth-order valence-corrected chi connectivity index (χ4v) is 6.14. The summed E-state index contributed by atoms with van der Waals surface area (Å²) in [4.78, 5) is 36.3. The van der Waals surface area contributed by atoms with Gasteiger partial charge in [0.05, 0.1) is 11.8 Å². The Kier molecular flexibility index (Phi) is 6.57. The summed E-state index contributed by atoms with van der Waals surface area (Å²) in [6, 6.07) is 5.85. The van der Waals surface area contributed by atoms with Gasteiger partial charge in [0, 0.05) is 16.0 Å². The SMILES string of the molecule is Cc1cccc(C)c1NC(=O)CNC(=O)C(C)Sc1ncnc2sc3c(c12)CCCC3. The fourth-order valence-electron chi connectivity index (χ4n) is 3.88. The average molecular weight is 455 g/mol. The number of thioether (sulfide) groups is 1. The molecule has 6 nitrogen and oxygen atoms in total. The van der Waals surface area contributed by atoms with E-state index in [0.29, 0.717) is 0 Å². The van der Waals surface area contributed by atoms with E-state index < -0.39 is 0 Å². The summed E-state index contributed by atoms with van der Waals surface area (Å²) in [6.45, 7) is 5.68. The number of rotatable bonds is 6. The van der Waals surface area contributed by atoms with Crippen molar-refractivity contribution >= 4 is 50.8 Å². The van der Waals surface area contributed by atoms with Crippen molar-refractivity contribution in [3.63, 3.8) is 0 Å². The Balaban J connectivity index is 1.39. The highest BCUT2D eigenvalue weighted by molar-refractivity contribution is 8.00. The monoisotopic (exact) mass is 454 g/mol.